The van der Waals surface area contributed by atoms with Gasteiger partial charge in [0.1, 0.15) is 6.61 Å². The van der Waals surface area contributed by atoms with E-state index in [2.05, 4.69) is 4.99 Å². The first-order valence-electron chi connectivity index (χ1n) is 5.02. The molecule has 0 rings (SSSR count). The van der Waals surface area contributed by atoms with E-state index in [1.165, 1.54) is 6.08 Å². The van der Waals surface area contributed by atoms with E-state index in [4.69, 9.17) is 4.74 Å². The van der Waals surface area contributed by atoms with Crippen LogP contribution in [0, 0.1) is 0 Å². The molecule has 0 amide bonds. The minimum Gasteiger partial charge on any atom is -0.460 e. The molecule has 0 radical (unpaired) electrons. The number of aliphatic imine (C=N–C) groups is 1. The van der Waals surface area contributed by atoms with Crippen LogP contribution in [0.4, 0.5) is 0 Å². The molecule has 0 aromatic heterocycles. The van der Waals surface area contributed by atoms with E-state index in [-0.39, 0.29) is 18.6 Å². The van der Waals surface area contributed by atoms with E-state index >= 15 is 0 Å². The predicted molar refractivity (Wildman–Crippen MR) is 57.2 cm³/mol. The first-order chi connectivity index (χ1) is 7.15. The highest BCUT2D eigenvalue weighted by Crippen LogP contribution is 2.04. The topological polar surface area (TPSA) is 55.7 Å². The quantitative estimate of drug-likeness (QED) is 0.292. The van der Waals surface area contributed by atoms with Gasteiger partial charge in [0.2, 0.25) is 6.08 Å². The highest BCUT2D eigenvalue weighted by molar-refractivity contribution is 5.87. The lowest BCUT2D eigenvalue weighted by atomic mass is 10.2. The Hall–Kier alpha value is -1.41. The molecule has 0 heterocycles. The van der Waals surface area contributed by atoms with Gasteiger partial charge in [0.05, 0.1) is 6.04 Å². The van der Waals surface area contributed by atoms with E-state index in [1.807, 2.05) is 6.92 Å². The normalized spacial score (nSPS) is 12.9. The van der Waals surface area contributed by atoms with E-state index in [9.17, 15) is 9.59 Å². The minimum atomic E-state index is -0.361. The smallest absolute Gasteiger partial charge is 0.333 e. The van der Waals surface area contributed by atoms with Gasteiger partial charge < -0.3 is 4.74 Å². The highest BCUT2D eigenvalue weighted by atomic mass is 16.5. The molecule has 15 heavy (non-hydrogen) atoms. The lowest BCUT2D eigenvalue weighted by Gasteiger charge is -2.10. The number of hydrogen-bond donors (Lipinski definition) is 0. The van der Waals surface area contributed by atoms with Crippen LogP contribution in [0.3, 0.4) is 0 Å². The molecule has 0 saturated heterocycles. The molecule has 0 aliphatic carbocycles. The Labute approximate surface area is 90.0 Å². The Morgan fingerprint density at radius 2 is 2.27 bits per heavy atom. The fraction of sp³-hybridized carbons (Fsp3) is 0.636. The van der Waals surface area contributed by atoms with Crippen LogP contribution in [0.25, 0.3) is 0 Å². The third kappa shape index (κ3) is 5.81. The predicted octanol–water partition coefficient (Wildman–Crippen LogP) is 2.00. The lowest BCUT2D eigenvalue weighted by Crippen LogP contribution is -2.17. The Kier molecular flexibility index (Phi) is 7.20. The second kappa shape index (κ2) is 7.94. The zero-order chi connectivity index (χ0) is 11.7. The lowest BCUT2D eigenvalue weighted by molar-refractivity contribution is -0.139. The first-order valence-corrected chi connectivity index (χ1v) is 5.02. The van der Waals surface area contributed by atoms with Crippen molar-refractivity contribution in [3.63, 3.8) is 0 Å². The molecule has 0 aliphatic rings. The number of carbonyl (C=O) groups is 1. The standard InChI is InChI=1S/C11H17NO3/c1-4-6-10(12-8-13)7-15-11(14)9(3)5-2/h5,10H,4,6-7H2,1-3H3/b9-5+. The van der Waals surface area contributed by atoms with E-state index in [0.717, 1.165) is 12.8 Å². The van der Waals surface area contributed by atoms with Crippen molar-refractivity contribution < 1.29 is 14.3 Å². The van der Waals surface area contributed by atoms with Crippen LogP contribution in [-0.2, 0) is 14.3 Å². The van der Waals surface area contributed by atoms with Crippen molar-refractivity contribution in [3.05, 3.63) is 11.6 Å². The number of ether oxygens (including phenoxy) is 1. The summed E-state index contributed by atoms with van der Waals surface area (Å²) in [5, 5.41) is 0. The molecule has 84 valence electrons. The van der Waals surface area contributed by atoms with Crippen LogP contribution in [0.15, 0.2) is 16.6 Å². The number of hydrogen-bond acceptors (Lipinski definition) is 4. The van der Waals surface area contributed by atoms with E-state index in [1.54, 1.807) is 19.9 Å². The summed E-state index contributed by atoms with van der Waals surface area (Å²) < 4.78 is 4.98. The van der Waals surface area contributed by atoms with Crippen molar-refractivity contribution in [2.24, 2.45) is 4.99 Å². The minimum absolute atomic E-state index is 0.146. The van der Waals surface area contributed by atoms with Crippen LogP contribution in [0.1, 0.15) is 33.6 Å². The number of rotatable bonds is 6. The number of esters is 1. The molecule has 0 aromatic rings. The van der Waals surface area contributed by atoms with Gasteiger partial charge in [-0.25, -0.2) is 9.59 Å². The van der Waals surface area contributed by atoms with Crippen molar-refractivity contribution in [2.75, 3.05) is 6.61 Å². The molecule has 4 nitrogen and oxygen atoms in total. The van der Waals surface area contributed by atoms with Gasteiger partial charge in [-0.1, -0.05) is 19.4 Å². The number of allylic oxidation sites excluding steroid dienone is 1. The largest absolute Gasteiger partial charge is 0.460 e. The third-order valence-corrected chi connectivity index (χ3v) is 2.02. The summed E-state index contributed by atoms with van der Waals surface area (Å²) in [5.41, 5.74) is 0.556. The monoisotopic (exact) mass is 211 g/mol. The van der Waals surface area contributed by atoms with Gasteiger partial charge in [0, 0.05) is 5.57 Å². The molecule has 0 aliphatic heterocycles. The SMILES string of the molecule is C/C=C(\C)C(=O)OCC(CCC)N=C=O. The zero-order valence-electron chi connectivity index (χ0n) is 9.45. The van der Waals surface area contributed by atoms with Crippen LogP contribution >= 0.6 is 0 Å². The Morgan fingerprint density at radius 1 is 1.60 bits per heavy atom. The third-order valence-electron chi connectivity index (χ3n) is 2.02. The fourth-order valence-corrected chi connectivity index (χ4v) is 0.996. The van der Waals surface area contributed by atoms with Crippen molar-refractivity contribution >= 4 is 12.0 Å². The van der Waals surface area contributed by atoms with Crippen molar-refractivity contribution in [3.8, 4) is 0 Å². The Balaban J connectivity index is 4.10. The Morgan fingerprint density at radius 3 is 2.73 bits per heavy atom. The molecule has 0 saturated carbocycles. The first kappa shape index (κ1) is 13.6. The second-order valence-electron chi connectivity index (χ2n) is 3.23. The van der Waals surface area contributed by atoms with Crippen LogP contribution in [0.2, 0.25) is 0 Å². The van der Waals surface area contributed by atoms with Crippen molar-refractivity contribution in [1.29, 1.82) is 0 Å². The molecule has 0 N–H and O–H groups in total. The average Bonchev–Trinajstić information content (AvgIpc) is 2.25. The molecule has 1 atom stereocenters. The van der Waals surface area contributed by atoms with Gasteiger partial charge in [0.15, 0.2) is 0 Å². The maximum atomic E-state index is 11.3. The van der Waals surface area contributed by atoms with Crippen LogP contribution in [-0.4, -0.2) is 24.7 Å². The summed E-state index contributed by atoms with van der Waals surface area (Å²) >= 11 is 0. The van der Waals surface area contributed by atoms with Gasteiger partial charge in [-0.15, -0.1) is 0 Å². The van der Waals surface area contributed by atoms with Gasteiger partial charge in [-0.2, -0.15) is 4.99 Å². The summed E-state index contributed by atoms with van der Waals surface area (Å²) in [7, 11) is 0. The summed E-state index contributed by atoms with van der Waals surface area (Å²) in [6.07, 6.45) is 4.77. The van der Waals surface area contributed by atoms with Gasteiger partial charge in [-0.05, 0) is 20.3 Å². The summed E-state index contributed by atoms with van der Waals surface area (Å²) in [4.78, 5) is 24.9. The Bertz CT molecular complexity index is 278. The molecule has 0 fully saturated rings. The summed E-state index contributed by atoms with van der Waals surface area (Å²) in [5.74, 6) is -0.361. The maximum absolute atomic E-state index is 11.3. The van der Waals surface area contributed by atoms with Crippen molar-refractivity contribution in [1.82, 2.24) is 0 Å². The van der Waals surface area contributed by atoms with Gasteiger partial charge in [-0.3, -0.25) is 0 Å². The van der Waals surface area contributed by atoms with E-state index in [0.29, 0.717) is 5.57 Å². The number of nitrogens with zero attached hydrogens (tertiary/aromatic N) is 1. The van der Waals surface area contributed by atoms with Gasteiger partial charge in [0.25, 0.3) is 0 Å². The fourth-order valence-electron chi connectivity index (χ4n) is 0.996. The number of carbonyl (C=O) groups excluding carboxylic acids is 2. The molecule has 0 spiro atoms. The maximum Gasteiger partial charge on any atom is 0.333 e. The zero-order valence-corrected chi connectivity index (χ0v) is 9.45. The molecular weight excluding hydrogens is 194 g/mol. The molecular formula is C11H17NO3. The summed E-state index contributed by atoms with van der Waals surface area (Å²) in [6.45, 7) is 5.57. The average molecular weight is 211 g/mol. The molecule has 1 unspecified atom stereocenters. The molecule has 4 heteroatoms. The van der Waals surface area contributed by atoms with E-state index < -0.39 is 0 Å². The second-order valence-corrected chi connectivity index (χ2v) is 3.23. The van der Waals surface area contributed by atoms with Crippen molar-refractivity contribution in [2.45, 2.75) is 39.7 Å². The molecule has 0 bridgehead atoms. The summed E-state index contributed by atoms with van der Waals surface area (Å²) in [6, 6.07) is -0.263. The molecule has 0 aromatic carbocycles. The highest BCUT2D eigenvalue weighted by Gasteiger charge is 2.10. The number of isocyanates is 1. The van der Waals surface area contributed by atoms with Crippen LogP contribution < -0.4 is 0 Å². The van der Waals surface area contributed by atoms with Gasteiger partial charge >= 0.3 is 5.97 Å². The van der Waals surface area contributed by atoms with Crippen LogP contribution in [0.5, 0.6) is 0 Å².